The van der Waals surface area contributed by atoms with E-state index in [-0.39, 0.29) is 0 Å². The zero-order chi connectivity index (χ0) is 12.8. The van der Waals surface area contributed by atoms with Crippen LogP contribution in [0.3, 0.4) is 0 Å². The number of aryl methyl sites for hydroxylation is 2. The molecule has 1 heterocycles. The van der Waals surface area contributed by atoms with E-state index >= 15 is 0 Å². The fourth-order valence-corrected chi connectivity index (χ4v) is 1.70. The number of ether oxygens (including phenoxy) is 1. The van der Waals surface area contributed by atoms with Crippen molar-refractivity contribution >= 4 is 0 Å². The molecule has 0 unspecified atom stereocenters. The summed E-state index contributed by atoms with van der Waals surface area (Å²) in [5, 5.41) is 7.82. The first kappa shape index (κ1) is 14.0. The molecule has 0 aliphatic rings. The number of rotatable bonds is 7. The Balaban J connectivity index is 2.71. The highest BCUT2D eigenvalue weighted by Gasteiger charge is 2.14. The summed E-state index contributed by atoms with van der Waals surface area (Å²) in [6, 6.07) is 0. The van der Waals surface area contributed by atoms with Crippen LogP contribution < -0.4 is 10.1 Å². The molecule has 1 aromatic heterocycles. The van der Waals surface area contributed by atoms with E-state index < -0.39 is 0 Å². The Kier molecular flexibility index (Phi) is 5.48. The van der Waals surface area contributed by atoms with Gasteiger partial charge in [-0.2, -0.15) is 5.10 Å². The van der Waals surface area contributed by atoms with Crippen LogP contribution in [0.15, 0.2) is 0 Å². The summed E-state index contributed by atoms with van der Waals surface area (Å²) >= 11 is 0. The number of aromatic nitrogens is 2. The molecule has 0 bridgehead atoms. The average Bonchev–Trinajstić information content (AvgIpc) is 2.51. The fourth-order valence-electron chi connectivity index (χ4n) is 1.70. The second kappa shape index (κ2) is 6.64. The molecule has 4 heteroatoms. The van der Waals surface area contributed by atoms with Gasteiger partial charge in [0, 0.05) is 13.6 Å². The van der Waals surface area contributed by atoms with Gasteiger partial charge in [-0.05, 0) is 25.8 Å². The first-order valence-corrected chi connectivity index (χ1v) is 6.42. The van der Waals surface area contributed by atoms with Crippen molar-refractivity contribution in [3.8, 4) is 5.88 Å². The van der Waals surface area contributed by atoms with Crippen LogP contribution in [0.25, 0.3) is 0 Å². The Bertz CT molecular complexity index is 345. The van der Waals surface area contributed by atoms with Crippen molar-refractivity contribution in [2.24, 2.45) is 13.0 Å². The molecule has 0 aromatic carbocycles. The molecule has 1 aromatic rings. The van der Waals surface area contributed by atoms with Gasteiger partial charge in [0.2, 0.25) is 5.88 Å². The molecule has 0 aliphatic carbocycles. The minimum atomic E-state index is 0.529. The summed E-state index contributed by atoms with van der Waals surface area (Å²) in [5.41, 5.74) is 2.23. The minimum absolute atomic E-state index is 0.529. The molecule has 0 fully saturated rings. The molecule has 1 rings (SSSR count). The fraction of sp³-hybridized carbons (Fsp3) is 0.769. The molecule has 1 N–H and O–H groups in total. The molecule has 0 amide bonds. The van der Waals surface area contributed by atoms with Gasteiger partial charge in [0.25, 0.3) is 0 Å². The van der Waals surface area contributed by atoms with Crippen molar-refractivity contribution in [1.82, 2.24) is 15.1 Å². The molecule has 0 atom stereocenters. The zero-order valence-corrected chi connectivity index (χ0v) is 11.7. The van der Waals surface area contributed by atoms with Gasteiger partial charge in [-0.3, -0.25) is 0 Å². The van der Waals surface area contributed by atoms with E-state index in [0.29, 0.717) is 5.92 Å². The standard InChI is InChI=1S/C13H25N3O/c1-6-7-14-8-12-11(4)15-16(5)13(12)17-9-10(2)3/h10,14H,6-9H2,1-5H3. The Labute approximate surface area is 104 Å². The van der Waals surface area contributed by atoms with Crippen LogP contribution in [0.1, 0.15) is 38.4 Å². The third-order valence-corrected chi connectivity index (χ3v) is 2.57. The van der Waals surface area contributed by atoms with Crippen molar-refractivity contribution in [2.75, 3.05) is 13.2 Å². The lowest BCUT2D eigenvalue weighted by Crippen LogP contribution is -2.16. The maximum absolute atomic E-state index is 5.84. The van der Waals surface area contributed by atoms with E-state index in [1.165, 1.54) is 5.56 Å². The van der Waals surface area contributed by atoms with Gasteiger partial charge < -0.3 is 10.1 Å². The van der Waals surface area contributed by atoms with Crippen LogP contribution in [-0.4, -0.2) is 22.9 Å². The summed E-state index contributed by atoms with van der Waals surface area (Å²) < 4.78 is 7.68. The minimum Gasteiger partial charge on any atom is -0.477 e. The largest absolute Gasteiger partial charge is 0.477 e. The maximum Gasteiger partial charge on any atom is 0.216 e. The first-order chi connectivity index (χ1) is 8.06. The van der Waals surface area contributed by atoms with Crippen molar-refractivity contribution in [3.63, 3.8) is 0 Å². The zero-order valence-electron chi connectivity index (χ0n) is 11.7. The van der Waals surface area contributed by atoms with Crippen molar-refractivity contribution in [1.29, 1.82) is 0 Å². The van der Waals surface area contributed by atoms with Gasteiger partial charge >= 0.3 is 0 Å². The summed E-state index contributed by atoms with van der Waals surface area (Å²) in [6.45, 7) is 11.1. The monoisotopic (exact) mass is 239 g/mol. The predicted octanol–water partition coefficient (Wildman–Crippen LogP) is 2.26. The van der Waals surface area contributed by atoms with Crippen LogP contribution in [0.4, 0.5) is 0 Å². The van der Waals surface area contributed by atoms with Crippen LogP contribution in [0.5, 0.6) is 5.88 Å². The molecule has 4 nitrogen and oxygen atoms in total. The van der Waals surface area contributed by atoms with Gasteiger partial charge in [-0.25, -0.2) is 4.68 Å². The van der Waals surface area contributed by atoms with Gasteiger partial charge in [0.05, 0.1) is 17.9 Å². The second-order valence-electron chi connectivity index (χ2n) is 4.87. The Hall–Kier alpha value is -1.03. The molecule has 0 saturated heterocycles. The van der Waals surface area contributed by atoms with E-state index in [4.69, 9.17) is 4.74 Å². The Morgan fingerprint density at radius 3 is 2.71 bits per heavy atom. The van der Waals surface area contributed by atoms with Gasteiger partial charge in [-0.1, -0.05) is 20.8 Å². The Morgan fingerprint density at radius 2 is 2.12 bits per heavy atom. The first-order valence-electron chi connectivity index (χ1n) is 6.42. The number of hydrogen-bond acceptors (Lipinski definition) is 3. The van der Waals surface area contributed by atoms with Gasteiger partial charge in [-0.15, -0.1) is 0 Å². The average molecular weight is 239 g/mol. The summed E-state index contributed by atoms with van der Waals surface area (Å²) in [5.74, 6) is 1.43. The van der Waals surface area contributed by atoms with E-state index in [0.717, 1.165) is 37.7 Å². The smallest absolute Gasteiger partial charge is 0.216 e. The van der Waals surface area contributed by atoms with E-state index in [2.05, 4.69) is 31.2 Å². The van der Waals surface area contributed by atoms with Crippen molar-refractivity contribution < 1.29 is 4.74 Å². The lowest BCUT2D eigenvalue weighted by atomic mass is 10.2. The van der Waals surface area contributed by atoms with Crippen molar-refractivity contribution in [2.45, 2.75) is 40.7 Å². The lowest BCUT2D eigenvalue weighted by molar-refractivity contribution is 0.247. The predicted molar refractivity (Wildman–Crippen MR) is 70.3 cm³/mol. The SMILES string of the molecule is CCCNCc1c(C)nn(C)c1OCC(C)C. The molecule has 0 spiro atoms. The molecular weight excluding hydrogens is 214 g/mol. The van der Waals surface area contributed by atoms with Crippen LogP contribution in [-0.2, 0) is 13.6 Å². The highest BCUT2D eigenvalue weighted by atomic mass is 16.5. The van der Waals surface area contributed by atoms with Gasteiger partial charge in [0.1, 0.15) is 0 Å². The third kappa shape index (κ3) is 4.04. The number of nitrogens with one attached hydrogen (secondary N) is 1. The van der Waals surface area contributed by atoms with E-state index in [9.17, 15) is 0 Å². The molecular formula is C13H25N3O. The highest BCUT2D eigenvalue weighted by Crippen LogP contribution is 2.21. The summed E-state index contributed by atoms with van der Waals surface area (Å²) in [7, 11) is 1.94. The normalized spacial score (nSPS) is 11.2. The topological polar surface area (TPSA) is 39.1 Å². The second-order valence-corrected chi connectivity index (χ2v) is 4.87. The van der Waals surface area contributed by atoms with Crippen LogP contribution in [0.2, 0.25) is 0 Å². The molecule has 0 saturated carbocycles. The third-order valence-electron chi connectivity index (χ3n) is 2.57. The van der Waals surface area contributed by atoms with Crippen LogP contribution in [0, 0.1) is 12.8 Å². The lowest BCUT2D eigenvalue weighted by Gasteiger charge is -2.11. The molecule has 17 heavy (non-hydrogen) atoms. The van der Waals surface area contributed by atoms with Gasteiger partial charge in [0.15, 0.2) is 0 Å². The molecule has 0 aliphatic heterocycles. The van der Waals surface area contributed by atoms with E-state index in [1.54, 1.807) is 0 Å². The molecule has 98 valence electrons. The Morgan fingerprint density at radius 1 is 1.41 bits per heavy atom. The van der Waals surface area contributed by atoms with E-state index in [1.807, 2.05) is 18.7 Å². The van der Waals surface area contributed by atoms with Crippen LogP contribution >= 0.6 is 0 Å². The summed E-state index contributed by atoms with van der Waals surface area (Å²) in [6.07, 6.45) is 1.14. The number of nitrogens with zero attached hydrogens (tertiary/aromatic N) is 2. The quantitative estimate of drug-likeness (QED) is 0.742. The van der Waals surface area contributed by atoms with Crippen molar-refractivity contribution in [3.05, 3.63) is 11.3 Å². The number of hydrogen-bond donors (Lipinski definition) is 1. The maximum atomic E-state index is 5.84. The summed E-state index contributed by atoms with van der Waals surface area (Å²) in [4.78, 5) is 0. The highest BCUT2D eigenvalue weighted by molar-refractivity contribution is 5.30. The molecule has 0 radical (unpaired) electrons.